The minimum Gasteiger partial charge on any atom is -0.444 e. The molecule has 1 unspecified atom stereocenters. The molecule has 2 N–H and O–H groups in total. The van der Waals surface area contributed by atoms with Gasteiger partial charge in [0, 0.05) is 25.2 Å². The van der Waals surface area contributed by atoms with Crippen molar-refractivity contribution < 1.29 is 14.6 Å². The van der Waals surface area contributed by atoms with E-state index in [4.69, 9.17) is 4.74 Å². The molecule has 1 aliphatic heterocycles. The number of ether oxygens (including phenoxy) is 1. The Kier molecular flexibility index (Phi) is 4.91. The highest BCUT2D eigenvalue weighted by Gasteiger charge is 2.31. The first-order chi connectivity index (χ1) is 9.33. The highest BCUT2D eigenvalue weighted by molar-refractivity contribution is 5.68. The molecule has 1 atom stereocenters. The molecule has 0 spiro atoms. The second kappa shape index (κ2) is 6.31. The topological polar surface area (TPSA) is 61.8 Å². The third-order valence-electron chi connectivity index (χ3n) is 4.01. The Morgan fingerprint density at radius 1 is 1.15 bits per heavy atom. The summed E-state index contributed by atoms with van der Waals surface area (Å²) in [5.41, 5.74) is -0.428. The van der Waals surface area contributed by atoms with E-state index in [1.807, 2.05) is 20.8 Å². The zero-order valence-electron chi connectivity index (χ0n) is 12.9. The van der Waals surface area contributed by atoms with Gasteiger partial charge in [0.1, 0.15) is 5.60 Å². The first-order valence-electron chi connectivity index (χ1n) is 7.75. The molecular formula is C15H28N2O3. The summed E-state index contributed by atoms with van der Waals surface area (Å²) in [7, 11) is 0. The molecule has 5 heteroatoms. The molecule has 0 aromatic heterocycles. The number of carbonyl (C=O) groups is 1. The number of nitrogens with one attached hydrogen (secondary N) is 1. The van der Waals surface area contributed by atoms with Gasteiger partial charge in [-0.1, -0.05) is 0 Å². The summed E-state index contributed by atoms with van der Waals surface area (Å²) in [6.07, 6.45) is 4.50. The van der Waals surface area contributed by atoms with Crippen LogP contribution in [0.3, 0.4) is 0 Å². The summed E-state index contributed by atoms with van der Waals surface area (Å²) in [6.45, 7) is 7.17. The lowest BCUT2D eigenvalue weighted by Crippen LogP contribution is -2.43. The van der Waals surface area contributed by atoms with Gasteiger partial charge in [-0.25, -0.2) is 4.79 Å². The van der Waals surface area contributed by atoms with Crippen LogP contribution in [0.1, 0.15) is 52.9 Å². The van der Waals surface area contributed by atoms with E-state index < -0.39 is 5.60 Å². The number of carbonyl (C=O) groups excluding carboxylic acids is 1. The summed E-state index contributed by atoms with van der Waals surface area (Å²) in [6, 6.07) is 0.852. The predicted octanol–water partition coefficient (Wildman–Crippen LogP) is 1.89. The molecule has 2 rings (SSSR count). The van der Waals surface area contributed by atoms with Crippen molar-refractivity contribution in [2.75, 3.05) is 13.1 Å². The van der Waals surface area contributed by atoms with E-state index in [9.17, 15) is 9.90 Å². The Balaban J connectivity index is 1.73. The molecule has 20 heavy (non-hydrogen) atoms. The van der Waals surface area contributed by atoms with Crippen molar-refractivity contribution in [3.8, 4) is 0 Å². The summed E-state index contributed by atoms with van der Waals surface area (Å²) >= 11 is 0. The predicted molar refractivity (Wildman–Crippen MR) is 77.6 cm³/mol. The molecule has 0 aromatic rings. The second-order valence-corrected chi connectivity index (χ2v) is 7.08. The second-order valence-electron chi connectivity index (χ2n) is 7.08. The maximum Gasteiger partial charge on any atom is 0.410 e. The lowest BCUT2D eigenvalue weighted by molar-refractivity contribution is 0.0289. The maximum absolute atomic E-state index is 12.0. The van der Waals surface area contributed by atoms with Crippen molar-refractivity contribution in [1.29, 1.82) is 0 Å². The molecule has 1 aliphatic carbocycles. The molecule has 5 nitrogen and oxygen atoms in total. The van der Waals surface area contributed by atoms with Crippen molar-refractivity contribution in [3.05, 3.63) is 0 Å². The molecule has 0 radical (unpaired) electrons. The van der Waals surface area contributed by atoms with Gasteiger partial charge in [-0.3, -0.25) is 0 Å². The lowest BCUT2D eigenvalue weighted by atomic mass is 9.92. The van der Waals surface area contributed by atoms with Gasteiger partial charge in [0.25, 0.3) is 0 Å². The van der Waals surface area contributed by atoms with Crippen molar-refractivity contribution in [2.24, 2.45) is 0 Å². The molecule has 0 bridgehead atoms. The Bertz CT molecular complexity index is 333. The van der Waals surface area contributed by atoms with Crippen LogP contribution in [0.2, 0.25) is 0 Å². The normalized spacial score (nSPS) is 31.4. The lowest BCUT2D eigenvalue weighted by Gasteiger charge is -2.29. The highest BCUT2D eigenvalue weighted by Crippen LogP contribution is 2.21. The third kappa shape index (κ3) is 4.63. The van der Waals surface area contributed by atoms with Crippen molar-refractivity contribution in [2.45, 2.75) is 76.7 Å². The number of likely N-dealkylation sites (tertiary alicyclic amines) is 1. The highest BCUT2D eigenvalue weighted by atomic mass is 16.6. The van der Waals surface area contributed by atoms with Gasteiger partial charge in [0.05, 0.1) is 6.10 Å². The van der Waals surface area contributed by atoms with E-state index >= 15 is 0 Å². The largest absolute Gasteiger partial charge is 0.444 e. The van der Waals surface area contributed by atoms with Gasteiger partial charge >= 0.3 is 6.09 Å². The van der Waals surface area contributed by atoms with Gasteiger partial charge < -0.3 is 20.1 Å². The average Bonchev–Trinajstić information content (AvgIpc) is 2.79. The molecule has 116 valence electrons. The van der Waals surface area contributed by atoms with Crippen LogP contribution in [-0.4, -0.2) is 53.0 Å². The standard InChI is InChI=1S/C15H28N2O3/c1-15(2,3)20-14(19)17-9-8-12(10-17)16-11-4-6-13(18)7-5-11/h11-13,16,18H,4-10H2,1-3H3. The first-order valence-corrected chi connectivity index (χ1v) is 7.75. The number of rotatable bonds is 2. The number of nitrogens with zero attached hydrogens (tertiary/aromatic N) is 1. The fourth-order valence-electron chi connectivity index (χ4n) is 2.96. The van der Waals surface area contributed by atoms with Gasteiger partial charge in [-0.05, 0) is 52.9 Å². The van der Waals surface area contributed by atoms with E-state index in [1.54, 1.807) is 4.90 Å². The minimum atomic E-state index is -0.428. The van der Waals surface area contributed by atoms with Crippen LogP contribution in [0.5, 0.6) is 0 Å². The molecule has 1 saturated heterocycles. The number of amides is 1. The molecular weight excluding hydrogens is 256 g/mol. The van der Waals surface area contributed by atoms with Crippen molar-refractivity contribution in [3.63, 3.8) is 0 Å². The van der Waals surface area contributed by atoms with Gasteiger partial charge in [-0.15, -0.1) is 0 Å². The summed E-state index contributed by atoms with van der Waals surface area (Å²) in [4.78, 5) is 13.8. The van der Waals surface area contributed by atoms with Gasteiger partial charge in [0.15, 0.2) is 0 Å². The van der Waals surface area contributed by atoms with Crippen molar-refractivity contribution in [1.82, 2.24) is 10.2 Å². The zero-order valence-corrected chi connectivity index (χ0v) is 12.9. The minimum absolute atomic E-state index is 0.116. The van der Waals surface area contributed by atoms with Crippen LogP contribution in [-0.2, 0) is 4.74 Å². The summed E-state index contributed by atoms with van der Waals surface area (Å²) in [5.74, 6) is 0. The number of aliphatic hydroxyl groups is 1. The van der Waals surface area contributed by atoms with Gasteiger partial charge in [0.2, 0.25) is 0 Å². The first kappa shape index (κ1) is 15.6. The summed E-state index contributed by atoms with van der Waals surface area (Å²) < 4.78 is 5.40. The summed E-state index contributed by atoms with van der Waals surface area (Å²) in [5, 5.41) is 13.1. The Morgan fingerprint density at radius 3 is 2.40 bits per heavy atom. The fourth-order valence-corrected chi connectivity index (χ4v) is 2.96. The molecule has 1 heterocycles. The third-order valence-corrected chi connectivity index (χ3v) is 4.01. The van der Waals surface area contributed by atoms with E-state index in [0.29, 0.717) is 12.1 Å². The molecule has 2 aliphatic rings. The fraction of sp³-hybridized carbons (Fsp3) is 0.933. The molecule has 0 aromatic carbocycles. The Hall–Kier alpha value is -0.810. The number of aliphatic hydroxyl groups excluding tert-OH is 1. The van der Waals surface area contributed by atoms with Gasteiger partial charge in [-0.2, -0.15) is 0 Å². The van der Waals surface area contributed by atoms with Crippen LogP contribution in [0.25, 0.3) is 0 Å². The van der Waals surface area contributed by atoms with Crippen molar-refractivity contribution >= 4 is 6.09 Å². The Morgan fingerprint density at radius 2 is 1.80 bits per heavy atom. The quantitative estimate of drug-likeness (QED) is 0.813. The van der Waals surface area contributed by atoms with Crippen LogP contribution < -0.4 is 5.32 Å². The average molecular weight is 284 g/mol. The van der Waals surface area contributed by atoms with Crippen LogP contribution >= 0.6 is 0 Å². The molecule has 2 fully saturated rings. The molecule has 1 amide bonds. The smallest absolute Gasteiger partial charge is 0.410 e. The SMILES string of the molecule is CC(C)(C)OC(=O)N1CCC(NC2CCC(O)CC2)C1. The zero-order chi connectivity index (χ0) is 14.8. The van der Waals surface area contributed by atoms with E-state index in [1.165, 1.54) is 0 Å². The van der Waals surface area contributed by atoms with Crippen LogP contribution in [0.4, 0.5) is 4.79 Å². The number of hydrogen-bond donors (Lipinski definition) is 2. The van der Waals surface area contributed by atoms with E-state index in [-0.39, 0.29) is 12.2 Å². The van der Waals surface area contributed by atoms with Crippen LogP contribution in [0, 0.1) is 0 Å². The maximum atomic E-state index is 12.0. The number of hydrogen-bond acceptors (Lipinski definition) is 4. The molecule has 1 saturated carbocycles. The Labute approximate surface area is 121 Å². The van der Waals surface area contributed by atoms with E-state index in [2.05, 4.69) is 5.32 Å². The monoisotopic (exact) mass is 284 g/mol. The van der Waals surface area contributed by atoms with Crippen LogP contribution in [0.15, 0.2) is 0 Å². The van der Waals surface area contributed by atoms with E-state index in [0.717, 1.165) is 45.2 Å².